The van der Waals surface area contributed by atoms with Crippen molar-refractivity contribution in [3.05, 3.63) is 23.8 Å². The van der Waals surface area contributed by atoms with Crippen molar-refractivity contribution in [2.75, 3.05) is 31.8 Å². The fourth-order valence-corrected chi connectivity index (χ4v) is 2.66. The first-order valence-electron chi connectivity index (χ1n) is 6.91. The maximum atomic E-state index is 12.2. The van der Waals surface area contributed by atoms with Gasteiger partial charge in [-0.15, -0.1) is 0 Å². The maximum Gasteiger partial charge on any atom is 0.251 e. The molecule has 1 aromatic carbocycles. The minimum absolute atomic E-state index is 0.0660. The average Bonchev–Trinajstić information content (AvgIpc) is 2.85. The van der Waals surface area contributed by atoms with Gasteiger partial charge in [-0.1, -0.05) is 0 Å². The molecule has 5 heteroatoms. The van der Waals surface area contributed by atoms with Crippen LogP contribution in [0.4, 0.5) is 11.4 Å². The fraction of sp³-hybridized carbons (Fsp3) is 0.533. The molecule has 3 N–H and O–H groups in total. The molecular formula is C15H23N3O2. The van der Waals surface area contributed by atoms with Crippen molar-refractivity contribution in [1.29, 1.82) is 0 Å². The number of ether oxygens (including phenoxy) is 1. The minimum Gasteiger partial charge on any atom is -0.397 e. The molecule has 2 rings (SSSR count). The Morgan fingerprint density at radius 3 is 2.70 bits per heavy atom. The highest BCUT2D eigenvalue weighted by Gasteiger charge is 2.26. The molecule has 1 fully saturated rings. The molecule has 0 saturated heterocycles. The van der Waals surface area contributed by atoms with Gasteiger partial charge in [-0.3, -0.25) is 4.79 Å². The Kier molecular flexibility index (Phi) is 4.49. The second-order valence-electron chi connectivity index (χ2n) is 5.51. The predicted molar refractivity (Wildman–Crippen MR) is 81.1 cm³/mol. The number of amides is 1. The van der Waals surface area contributed by atoms with Crippen molar-refractivity contribution in [3.63, 3.8) is 0 Å². The first kappa shape index (κ1) is 14.7. The van der Waals surface area contributed by atoms with Crippen LogP contribution in [0.15, 0.2) is 18.2 Å². The van der Waals surface area contributed by atoms with Crippen LogP contribution in [-0.4, -0.2) is 39.3 Å². The SMILES string of the molecule is COC1CCC(NC(=O)c2ccc(N(C)C)c(N)c2)C1. The Labute approximate surface area is 120 Å². The summed E-state index contributed by atoms with van der Waals surface area (Å²) in [7, 11) is 5.57. The summed E-state index contributed by atoms with van der Waals surface area (Å²) in [5.74, 6) is -0.0660. The van der Waals surface area contributed by atoms with Gasteiger partial charge in [0.2, 0.25) is 0 Å². The number of carbonyl (C=O) groups excluding carboxylic acids is 1. The number of rotatable bonds is 4. The molecule has 2 atom stereocenters. The summed E-state index contributed by atoms with van der Waals surface area (Å²) >= 11 is 0. The Bertz CT molecular complexity index is 488. The lowest BCUT2D eigenvalue weighted by molar-refractivity contribution is 0.0915. The van der Waals surface area contributed by atoms with E-state index in [1.54, 1.807) is 13.2 Å². The highest BCUT2D eigenvalue weighted by Crippen LogP contribution is 2.24. The highest BCUT2D eigenvalue weighted by molar-refractivity contribution is 5.96. The Morgan fingerprint density at radius 2 is 2.15 bits per heavy atom. The van der Waals surface area contributed by atoms with Crippen molar-refractivity contribution >= 4 is 17.3 Å². The minimum atomic E-state index is -0.0660. The molecule has 20 heavy (non-hydrogen) atoms. The molecule has 0 radical (unpaired) electrons. The number of nitrogens with one attached hydrogen (secondary N) is 1. The van der Waals surface area contributed by atoms with Crippen LogP contribution >= 0.6 is 0 Å². The zero-order valence-electron chi connectivity index (χ0n) is 12.3. The lowest BCUT2D eigenvalue weighted by atomic mass is 10.1. The largest absolute Gasteiger partial charge is 0.397 e. The van der Waals surface area contributed by atoms with Crippen LogP contribution < -0.4 is 16.0 Å². The van der Waals surface area contributed by atoms with Gasteiger partial charge in [-0.05, 0) is 37.5 Å². The third kappa shape index (κ3) is 3.22. The van der Waals surface area contributed by atoms with Crippen molar-refractivity contribution < 1.29 is 9.53 Å². The van der Waals surface area contributed by atoms with Crippen LogP contribution in [-0.2, 0) is 4.74 Å². The molecule has 1 amide bonds. The summed E-state index contributed by atoms with van der Waals surface area (Å²) in [6.45, 7) is 0. The molecule has 5 nitrogen and oxygen atoms in total. The van der Waals surface area contributed by atoms with E-state index in [0.29, 0.717) is 11.3 Å². The van der Waals surface area contributed by atoms with Crippen LogP contribution in [0.3, 0.4) is 0 Å². The predicted octanol–water partition coefficient (Wildman–Crippen LogP) is 1.63. The quantitative estimate of drug-likeness (QED) is 0.821. The van der Waals surface area contributed by atoms with E-state index < -0.39 is 0 Å². The van der Waals surface area contributed by atoms with Crippen molar-refractivity contribution in [1.82, 2.24) is 5.32 Å². The molecule has 0 aliphatic heterocycles. The number of hydrogen-bond acceptors (Lipinski definition) is 4. The van der Waals surface area contributed by atoms with Gasteiger partial charge in [0.1, 0.15) is 0 Å². The zero-order chi connectivity index (χ0) is 14.7. The molecule has 0 heterocycles. The molecule has 0 bridgehead atoms. The van der Waals surface area contributed by atoms with Crippen molar-refractivity contribution in [2.45, 2.75) is 31.4 Å². The summed E-state index contributed by atoms with van der Waals surface area (Å²) in [4.78, 5) is 14.1. The number of carbonyl (C=O) groups is 1. The van der Waals surface area contributed by atoms with E-state index in [1.165, 1.54) is 0 Å². The Hall–Kier alpha value is -1.75. The lowest BCUT2D eigenvalue weighted by Gasteiger charge is -2.17. The van der Waals surface area contributed by atoms with Gasteiger partial charge in [-0.25, -0.2) is 0 Å². The standard InChI is InChI=1S/C15H23N3O2/c1-18(2)14-7-4-10(8-13(14)16)15(19)17-11-5-6-12(9-11)20-3/h4,7-8,11-12H,5-6,9,16H2,1-3H3,(H,17,19). The molecule has 1 saturated carbocycles. The van der Waals surface area contributed by atoms with Crippen LogP contribution in [0.1, 0.15) is 29.6 Å². The number of nitrogens with two attached hydrogens (primary N) is 1. The van der Waals surface area contributed by atoms with Gasteiger partial charge in [0.25, 0.3) is 5.91 Å². The molecule has 0 spiro atoms. The summed E-state index contributed by atoms with van der Waals surface area (Å²) in [6.07, 6.45) is 3.12. The summed E-state index contributed by atoms with van der Waals surface area (Å²) in [5, 5.41) is 3.05. The van der Waals surface area contributed by atoms with E-state index in [0.717, 1.165) is 24.9 Å². The Balaban J connectivity index is 2.01. The van der Waals surface area contributed by atoms with E-state index in [9.17, 15) is 4.79 Å². The van der Waals surface area contributed by atoms with Crippen LogP contribution in [0.25, 0.3) is 0 Å². The smallest absolute Gasteiger partial charge is 0.251 e. The second kappa shape index (κ2) is 6.13. The van der Waals surface area contributed by atoms with Gasteiger partial charge < -0.3 is 20.7 Å². The van der Waals surface area contributed by atoms with Crippen LogP contribution in [0.5, 0.6) is 0 Å². The zero-order valence-corrected chi connectivity index (χ0v) is 12.3. The molecule has 1 aromatic rings. The number of nitrogen functional groups attached to an aromatic ring is 1. The first-order chi connectivity index (χ1) is 9.51. The van der Waals surface area contributed by atoms with E-state index in [2.05, 4.69) is 5.32 Å². The van der Waals surface area contributed by atoms with Crippen LogP contribution in [0, 0.1) is 0 Å². The summed E-state index contributed by atoms with van der Waals surface area (Å²) in [6, 6.07) is 5.61. The van der Waals surface area contributed by atoms with Crippen LogP contribution in [0.2, 0.25) is 0 Å². The number of methoxy groups -OCH3 is 1. The molecule has 1 aliphatic carbocycles. The number of nitrogens with zero attached hydrogens (tertiary/aromatic N) is 1. The van der Waals surface area contributed by atoms with Crippen molar-refractivity contribution in [2.24, 2.45) is 0 Å². The fourth-order valence-electron chi connectivity index (χ4n) is 2.66. The number of benzene rings is 1. The molecule has 2 unspecified atom stereocenters. The molecule has 1 aliphatic rings. The molecule has 0 aromatic heterocycles. The first-order valence-corrected chi connectivity index (χ1v) is 6.91. The van der Waals surface area contributed by atoms with E-state index >= 15 is 0 Å². The summed E-state index contributed by atoms with van der Waals surface area (Å²) < 4.78 is 5.31. The van der Waals surface area contributed by atoms with E-state index in [4.69, 9.17) is 10.5 Å². The number of hydrogen-bond donors (Lipinski definition) is 2. The summed E-state index contributed by atoms with van der Waals surface area (Å²) in [5.41, 5.74) is 8.11. The third-order valence-corrected chi connectivity index (χ3v) is 3.82. The normalized spacial score (nSPS) is 21.8. The van der Waals surface area contributed by atoms with E-state index in [1.807, 2.05) is 31.1 Å². The van der Waals surface area contributed by atoms with Gasteiger partial charge in [0, 0.05) is 32.8 Å². The van der Waals surface area contributed by atoms with Gasteiger partial charge in [-0.2, -0.15) is 0 Å². The maximum absolute atomic E-state index is 12.2. The van der Waals surface area contributed by atoms with Crippen molar-refractivity contribution in [3.8, 4) is 0 Å². The monoisotopic (exact) mass is 277 g/mol. The average molecular weight is 277 g/mol. The number of anilines is 2. The highest BCUT2D eigenvalue weighted by atomic mass is 16.5. The topological polar surface area (TPSA) is 67.6 Å². The molecular weight excluding hydrogens is 254 g/mol. The molecule has 110 valence electrons. The van der Waals surface area contributed by atoms with Gasteiger partial charge in [0.05, 0.1) is 17.5 Å². The lowest BCUT2D eigenvalue weighted by Crippen LogP contribution is -2.33. The second-order valence-corrected chi connectivity index (χ2v) is 5.51. The third-order valence-electron chi connectivity index (χ3n) is 3.82. The van der Waals surface area contributed by atoms with Gasteiger partial charge in [0.15, 0.2) is 0 Å². The van der Waals surface area contributed by atoms with E-state index in [-0.39, 0.29) is 18.1 Å². The Morgan fingerprint density at radius 1 is 1.40 bits per heavy atom. The van der Waals surface area contributed by atoms with Gasteiger partial charge >= 0.3 is 0 Å².